The van der Waals surface area contributed by atoms with Crippen molar-refractivity contribution in [3.8, 4) is 0 Å². The van der Waals surface area contributed by atoms with Gasteiger partial charge in [0.2, 0.25) is 0 Å². The lowest BCUT2D eigenvalue weighted by Crippen LogP contribution is -2.27. The highest BCUT2D eigenvalue weighted by Crippen LogP contribution is 2.32. The van der Waals surface area contributed by atoms with E-state index in [-0.39, 0.29) is 17.0 Å². The molecule has 1 fully saturated rings. The molecule has 6 heteroatoms. The van der Waals surface area contributed by atoms with Gasteiger partial charge in [0.1, 0.15) is 11.0 Å². The predicted molar refractivity (Wildman–Crippen MR) is 55.5 cm³/mol. The van der Waals surface area contributed by atoms with Crippen LogP contribution in [0.4, 0.5) is 19.0 Å². The zero-order valence-corrected chi connectivity index (χ0v) is 9.07. The van der Waals surface area contributed by atoms with Crippen molar-refractivity contribution in [3.05, 3.63) is 22.8 Å². The molecule has 1 aromatic rings. The van der Waals surface area contributed by atoms with Crippen LogP contribution < -0.4 is 5.32 Å². The fraction of sp³-hybridized carbons (Fsp3) is 0.500. The molecule has 1 saturated carbocycles. The van der Waals surface area contributed by atoms with Gasteiger partial charge in [0.15, 0.2) is 0 Å². The molecule has 2 nitrogen and oxygen atoms in total. The fourth-order valence-corrected chi connectivity index (χ4v) is 1.70. The number of alkyl halides is 3. The summed E-state index contributed by atoms with van der Waals surface area (Å²) in [6.45, 7) is 0. The molecule has 1 N–H and O–H groups in total. The Morgan fingerprint density at radius 3 is 2.50 bits per heavy atom. The number of halogens is 4. The standard InChI is InChI=1S/C10H10ClF3N2/c11-8-4-6(10(12,13)14)5-9(16-8)15-7-2-1-3-7/h4-5,7H,1-3H2,(H,15,16). The normalized spacial score (nSPS) is 17.0. The number of anilines is 1. The Balaban J connectivity index is 2.21. The Morgan fingerprint density at radius 2 is 2.00 bits per heavy atom. The second-order valence-electron chi connectivity index (χ2n) is 3.83. The van der Waals surface area contributed by atoms with Crippen LogP contribution in [-0.4, -0.2) is 11.0 Å². The molecule has 0 radical (unpaired) electrons. The molecule has 2 rings (SSSR count). The minimum absolute atomic E-state index is 0.142. The van der Waals surface area contributed by atoms with E-state index in [9.17, 15) is 13.2 Å². The maximum atomic E-state index is 12.5. The summed E-state index contributed by atoms with van der Waals surface area (Å²) in [5, 5.41) is 2.79. The monoisotopic (exact) mass is 250 g/mol. The van der Waals surface area contributed by atoms with Crippen LogP contribution in [-0.2, 0) is 6.18 Å². The molecule has 0 spiro atoms. The Morgan fingerprint density at radius 1 is 1.31 bits per heavy atom. The Hall–Kier alpha value is -0.970. The summed E-state index contributed by atoms with van der Waals surface area (Å²) in [6.07, 6.45) is -1.35. The number of nitrogens with one attached hydrogen (secondary N) is 1. The zero-order chi connectivity index (χ0) is 11.8. The summed E-state index contributed by atoms with van der Waals surface area (Å²) in [7, 11) is 0. The number of rotatable bonds is 2. The molecular weight excluding hydrogens is 241 g/mol. The third-order valence-corrected chi connectivity index (χ3v) is 2.77. The number of hydrogen-bond acceptors (Lipinski definition) is 2. The fourth-order valence-electron chi connectivity index (χ4n) is 1.50. The van der Waals surface area contributed by atoms with Gasteiger partial charge in [-0.15, -0.1) is 0 Å². The first-order valence-corrected chi connectivity index (χ1v) is 5.34. The summed E-state index contributed by atoms with van der Waals surface area (Å²) in [6, 6.07) is 2.05. The van der Waals surface area contributed by atoms with E-state index >= 15 is 0 Å². The van der Waals surface area contributed by atoms with Gasteiger partial charge in [-0.1, -0.05) is 11.6 Å². The minimum Gasteiger partial charge on any atom is -0.367 e. The highest BCUT2D eigenvalue weighted by Gasteiger charge is 2.31. The molecule has 1 aliphatic rings. The lowest BCUT2D eigenvalue weighted by molar-refractivity contribution is -0.137. The van der Waals surface area contributed by atoms with Crippen molar-refractivity contribution in [1.82, 2.24) is 4.98 Å². The van der Waals surface area contributed by atoms with Gasteiger partial charge in [-0.2, -0.15) is 13.2 Å². The van der Waals surface area contributed by atoms with E-state index in [2.05, 4.69) is 10.3 Å². The second kappa shape index (κ2) is 4.13. The van der Waals surface area contributed by atoms with E-state index in [0.717, 1.165) is 31.4 Å². The van der Waals surface area contributed by atoms with Crippen LogP contribution in [0.15, 0.2) is 12.1 Å². The third kappa shape index (κ3) is 2.58. The lowest BCUT2D eigenvalue weighted by Gasteiger charge is -2.27. The van der Waals surface area contributed by atoms with Crippen molar-refractivity contribution in [2.75, 3.05) is 5.32 Å². The van der Waals surface area contributed by atoms with Gasteiger partial charge in [-0.05, 0) is 31.4 Å². The lowest BCUT2D eigenvalue weighted by atomic mass is 9.93. The Kier molecular flexibility index (Phi) is 2.97. The van der Waals surface area contributed by atoms with Crippen LogP contribution in [0.3, 0.4) is 0 Å². The SMILES string of the molecule is FC(F)(F)c1cc(Cl)nc(NC2CCC2)c1. The van der Waals surface area contributed by atoms with Gasteiger partial charge >= 0.3 is 6.18 Å². The average molecular weight is 251 g/mol. The number of hydrogen-bond donors (Lipinski definition) is 1. The number of nitrogens with zero attached hydrogens (tertiary/aromatic N) is 1. The molecule has 0 aliphatic heterocycles. The summed E-state index contributed by atoms with van der Waals surface area (Å²) in [4.78, 5) is 3.82. The zero-order valence-electron chi connectivity index (χ0n) is 8.31. The molecule has 0 amide bonds. The van der Waals surface area contributed by atoms with Crippen molar-refractivity contribution in [3.63, 3.8) is 0 Å². The summed E-state index contributed by atoms with van der Waals surface area (Å²) in [5.74, 6) is 0.199. The highest BCUT2D eigenvalue weighted by molar-refractivity contribution is 6.29. The summed E-state index contributed by atoms with van der Waals surface area (Å²) in [5.41, 5.74) is -0.769. The smallest absolute Gasteiger partial charge is 0.367 e. The van der Waals surface area contributed by atoms with E-state index in [1.165, 1.54) is 0 Å². The molecule has 0 aromatic carbocycles. The first-order valence-electron chi connectivity index (χ1n) is 4.96. The number of aromatic nitrogens is 1. The van der Waals surface area contributed by atoms with Crippen molar-refractivity contribution in [2.24, 2.45) is 0 Å². The second-order valence-corrected chi connectivity index (χ2v) is 4.22. The van der Waals surface area contributed by atoms with E-state index in [1.807, 2.05) is 0 Å². The van der Waals surface area contributed by atoms with E-state index < -0.39 is 11.7 Å². The van der Waals surface area contributed by atoms with Crippen LogP contribution in [0.5, 0.6) is 0 Å². The molecule has 1 heterocycles. The van der Waals surface area contributed by atoms with Gasteiger partial charge in [0.25, 0.3) is 0 Å². The van der Waals surface area contributed by atoms with Gasteiger partial charge in [0.05, 0.1) is 5.56 Å². The Bertz CT molecular complexity index is 388. The van der Waals surface area contributed by atoms with Crippen molar-refractivity contribution >= 4 is 17.4 Å². The van der Waals surface area contributed by atoms with Gasteiger partial charge < -0.3 is 5.32 Å². The average Bonchev–Trinajstić information content (AvgIpc) is 2.09. The van der Waals surface area contributed by atoms with Crippen molar-refractivity contribution < 1.29 is 13.2 Å². The van der Waals surface area contributed by atoms with Crippen LogP contribution in [0.1, 0.15) is 24.8 Å². The maximum Gasteiger partial charge on any atom is 0.416 e. The third-order valence-electron chi connectivity index (χ3n) is 2.58. The Labute approximate surface area is 95.8 Å². The first-order chi connectivity index (χ1) is 7.45. The van der Waals surface area contributed by atoms with E-state index in [0.29, 0.717) is 0 Å². The van der Waals surface area contributed by atoms with Crippen LogP contribution in [0.25, 0.3) is 0 Å². The van der Waals surface area contributed by atoms with Crippen LogP contribution in [0.2, 0.25) is 5.15 Å². The van der Waals surface area contributed by atoms with E-state index in [1.54, 1.807) is 0 Å². The molecule has 0 atom stereocenters. The van der Waals surface area contributed by atoms with Crippen LogP contribution in [0, 0.1) is 0 Å². The predicted octanol–water partition coefficient (Wildman–Crippen LogP) is 3.72. The highest BCUT2D eigenvalue weighted by atomic mass is 35.5. The molecular formula is C10H10ClF3N2. The van der Waals surface area contributed by atoms with E-state index in [4.69, 9.17) is 11.6 Å². The molecule has 16 heavy (non-hydrogen) atoms. The summed E-state index contributed by atoms with van der Waals surface area (Å²) < 4.78 is 37.4. The quantitative estimate of drug-likeness (QED) is 0.810. The van der Waals surface area contributed by atoms with Crippen molar-refractivity contribution in [1.29, 1.82) is 0 Å². The van der Waals surface area contributed by atoms with Crippen molar-refractivity contribution in [2.45, 2.75) is 31.5 Å². The van der Waals surface area contributed by atoms with Gasteiger partial charge in [-0.25, -0.2) is 4.98 Å². The molecule has 0 saturated heterocycles. The van der Waals surface area contributed by atoms with Gasteiger partial charge in [0, 0.05) is 6.04 Å². The molecule has 0 unspecified atom stereocenters. The minimum atomic E-state index is -4.39. The van der Waals surface area contributed by atoms with Crippen LogP contribution >= 0.6 is 11.6 Å². The molecule has 1 aliphatic carbocycles. The van der Waals surface area contributed by atoms with Gasteiger partial charge in [-0.3, -0.25) is 0 Å². The molecule has 0 bridgehead atoms. The summed E-state index contributed by atoms with van der Waals surface area (Å²) >= 11 is 5.55. The topological polar surface area (TPSA) is 24.9 Å². The molecule has 1 aromatic heterocycles. The maximum absolute atomic E-state index is 12.5. The number of pyridine rings is 1. The largest absolute Gasteiger partial charge is 0.416 e. The molecule has 88 valence electrons. The first kappa shape index (κ1) is 11.5.